The second-order valence-electron chi connectivity index (χ2n) is 5.10. The van der Waals surface area contributed by atoms with Crippen molar-refractivity contribution in [1.29, 1.82) is 0 Å². The van der Waals surface area contributed by atoms with Crippen LogP contribution in [-0.2, 0) is 6.54 Å². The van der Waals surface area contributed by atoms with Crippen molar-refractivity contribution in [2.75, 3.05) is 5.32 Å². The van der Waals surface area contributed by atoms with Crippen molar-refractivity contribution in [3.05, 3.63) is 77.0 Å². The van der Waals surface area contributed by atoms with Crippen LogP contribution in [0.5, 0.6) is 0 Å². The number of carbonyl (C=O) groups is 1. The van der Waals surface area contributed by atoms with Gasteiger partial charge in [0.25, 0.3) is 5.91 Å². The highest BCUT2D eigenvalue weighted by Crippen LogP contribution is 2.21. The molecule has 0 unspecified atom stereocenters. The summed E-state index contributed by atoms with van der Waals surface area (Å²) in [6.07, 6.45) is 3.34. The Morgan fingerprint density at radius 3 is 2.72 bits per heavy atom. The van der Waals surface area contributed by atoms with Gasteiger partial charge in [-0.2, -0.15) is 0 Å². The van der Waals surface area contributed by atoms with Crippen LogP contribution in [0.4, 0.5) is 15.9 Å². The second-order valence-corrected chi connectivity index (χ2v) is 5.51. The Kier molecular flexibility index (Phi) is 5.15. The Hall–Kier alpha value is -3.06. The van der Waals surface area contributed by atoms with Crippen molar-refractivity contribution in [2.24, 2.45) is 0 Å². The summed E-state index contributed by atoms with van der Waals surface area (Å²) in [6.45, 7) is 0.350. The first-order valence-corrected chi connectivity index (χ1v) is 7.72. The molecule has 8 heteroatoms. The summed E-state index contributed by atoms with van der Waals surface area (Å²) in [7, 11) is 0. The molecule has 2 N–H and O–H groups in total. The predicted molar refractivity (Wildman–Crippen MR) is 92.1 cm³/mol. The fraction of sp³-hybridized carbons (Fsp3) is 0.0588. The summed E-state index contributed by atoms with van der Waals surface area (Å²) >= 11 is 5.72. The lowest BCUT2D eigenvalue weighted by Crippen LogP contribution is -2.24. The quantitative estimate of drug-likeness (QED) is 0.732. The van der Waals surface area contributed by atoms with Crippen LogP contribution >= 0.6 is 11.6 Å². The molecule has 3 rings (SSSR count). The third-order valence-corrected chi connectivity index (χ3v) is 3.55. The predicted octanol–water partition coefficient (Wildman–Crippen LogP) is 3.34. The topological polar surface area (TPSA) is 79.8 Å². The summed E-state index contributed by atoms with van der Waals surface area (Å²) < 4.78 is 13.1. The molecule has 25 heavy (non-hydrogen) atoms. The standard InChI is InChI=1S/C17H13ClFN5O/c18-13-8-12(3-4-14(13)19)22-16-6-5-15(23-24-16)17(25)21-10-11-2-1-7-20-9-11/h1-9H,10H2,(H,21,25)(H,22,24). The van der Waals surface area contributed by atoms with Crippen molar-refractivity contribution in [1.82, 2.24) is 20.5 Å². The van der Waals surface area contributed by atoms with E-state index in [0.29, 0.717) is 18.1 Å². The number of anilines is 2. The number of hydrogen-bond acceptors (Lipinski definition) is 5. The van der Waals surface area contributed by atoms with Gasteiger partial charge in [-0.15, -0.1) is 10.2 Å². The molecule has 0 aliphatic heterocycles. The van der Waals surface area contributed by atoms with E-state index in [1.165, 1.54) is 18.2 Å². The number of carbonyl (C=O) groups excluding carboxylic acids is 1. The number of nitrogens with one attached hydrogen (secondary N) is 2. The molecule has 2 heterocycles. The number of hydrogen-bond donors (Lipinski definition) is 2. The van der Waals surface area contributed by atoms with E-state index in [9.17, 15) is 9.18 Å². The molecule has 1 amide bonds. The molecule has 126 valence electrons. The minimum absolute atomic E-state index is 0.00404. The third kappa shape index (κ3) is 4.48. The van der Waals surface area contributed by atoms with Gasteiger partial charge in [-0.3, -0.25) is 9.78 Å². The second kappa shape index (κ2) is 7.67. The molecule has 0 aliphatic carbocycles. The minimum Gasteiger partial charge on any atom is -0.347 e. The monoisotopic (exact) mass is 357 g/mol. The molecule has 0 bridgehead atoms. The largest absolute Gasteiger partial charge is 0.347 e. The first-order valence-electron chi connectivity index (χ1n) is 7.35. The van der Waals surface area contributed by atoms with E-state index in [2.05, 4.69) is 25.8 Å². The van der Waals surface area contributed by atoms with Gasteiger partial charge in [0, 0.05) is 24.6 Å². The van der Waals surface area contributed by atoms with Gasteiger partial charge in [0.05, 0.1) is 5.02 Å². The van der Waals surface area contributed by atoms with Gasteiger partial charge < -0.3 is 10.6 Å². The molecule has 0 radical (unpaired) electrons. The highest BCUT2D eigenvalue weighted by molar-refractivity contribution is 6.31. The number of nitrogens with zero attached hydrogens (tertiary/aromatic N) is 3. The summed E-state index contributed by atoms with van der Waals surface area (Å²) in [4.78, 5) is 16.0. The van der Waals surface area contributed by atoms with Crippen LogP contribution in [0, 0.1) is 5.82 Å². The molecule has 2 aromatic heterocycles. The molecule has 1 aromatic carbocycles. The molecule has 6 nitrogen and oxygen atoms in total. The number of amides is 1. The molecular weight excluding hydrogens is 345 g/mol. The summed E-state index contributed by atoms with van der Waals surface area (Å²) in [5, 5.41) is 13.5. The van der Waals surface area contributed by atoms with E-state index in [4.69, 9.17) is 11.6 Å². The summed E-state index contributed by atoms with van der Waals surface area (Å²) in [6, 6.07) is 11.0. The fourth-order valence-electron chi connectivity index (χ4n) is 2.02. The van der Waals surface area contributed by atoms with E-state index in [1.54, 1.807) is 30.6 Å². The van der Waals surface area contributed by atoms with Gasteiger partial charge in [0.15, 0.2) is 11.5 Å². The lowest BCUT2D eigenvalue weighted by atomic mass is 10.3. The zero-order valence-electron chi connectivity index (χ0n) is 12.9. The third-order valence-electron chi connectivity index (χ3n) is 3.27. The Balaban J connectivity index is 1.61. The fourth-order valence-corrected chi connectivity index (χ4v) is 2.20. The Bertz CT molecular complexity index is 874. The van der Waals surface area contributed by atoms with Gasteiger partial charge in [0.1, 0.15) is 5.82 Å². The zero-order chi connectivity index (χ0) is 17.6. The number of halogens is 2. The average molecular weight is 358 g/mol. The summed E-state index contributed by atoms with van der Waals surface area (Å²) in [5.74, 6) is -0.432. The zero-order valence-corrected chi connectivity index (χ0v) is 13.7. The van der Waals surface area contributed by atoms with Crippen LogP contribution in [0.2, 0.25) is 5.02 Å². The minimum atomic E-state index is -0.501. The average Bonchev–Trinajstić information content (AvgIpc) is 2.64. The van der Waals surface area contributed by atoms with E-state index < -0.39 is 5.82 Å². The Morgan fingerprint density at radius 2 is 2.04 bits per heavy atom. The van der Waals surface area contributed by atoms with Gasteiger partial charge in [0.2, 0.25) is 0 Å². The van der Waals surface area contributed by atoms with Crippen molar-refractivity contribution in [3.8, 4) is 0 Å². The molecule has 0 fully saturated rings. The lowest BCUT2D eigenvalue weighted by molar-refractivity contribution is 0.0945. The molecule has 3 aromatic rings. The number of rotatable bonds is 5. The van der Waals surface area contributed by atoms with Crippen LogP contribution in [0.15, 0.2) is 54.9 Å². The Morgan fingerprint density at radius 1 is 1.16 bits per heavy atom. The lowest BCUT2D eigenvalue weighted by Gasteiger charge is -2.07. The van der Waals surface area contributed by atoms with E-state index in [0.717, 1.165) is 5.56 Å². The van der Waals surface area contributed by atoms with Crippen molar-refractivity contribution in [2.45, 2.75) is 6.54 Å². The van der Waals surface area contributed by atoms with Crippen LogP contribution in [0.1, 0.15) is 16.1 Å². The maximum Gasteiger partial charge on any atom is 0.272 e. The maximum atomic E-state index is 13.1. The highest BCUT2D eigenvalue weighted by atomic mass is 35.5. The molecule has 0 atom stereocenters. The number of pyridine rings is 1. The maximum absolute atomic E-state index is 13.1. The van der Waals surface area contributed by atoms with Crippen LogP contribution in [0.25, 0.3) is 0 Å². The molecule has 0 aliphatic rings. The van der Waals surface area contributed by atoms with Crippen molar-refractivity contribution >= 4 is 29.0 Å². The van der Waals surface area contributed by atoms with E-state index in [-0.39, 0.29) is 16.6 Å². The Labute approximate surface area is 148 Å². The van der Waals surface area contributed by atoms with Crippen LogP contribution in [0.3, 0.4) is 0 Å². The van der Waals surface area contributed by atoms with E-state index >= 15 is 0 Å². The van der Waals surface area contributed by atoms with Gasteiger partial charge in [-0.25, -0.2) is 4.39 Å². The first-order chi connectivity index (χ1) is 12.1. The van der Waals surface area contributed by atoms with Crippen molar-refractivity contribution in [3.63, 3.8) is 0 Å². The molecular formula is C17H13ClFN5O. The van der Waals surface area contributed by atoms with Gasteiger partial charge in [-0.1, -0.05) is 17.7 Å². The van der Waals surface area contributed by atoms with Crippen LogP contribution in [-0.4, -0.2) is 21.1 Å². The van der Waals surface area contributed by atoms with E-state index in [1.807, 2.05) is 6.07 Å². The van der Waals surface area contributed by atoms with Gasteiger partial charge in [-0.05, 0) is 42.0 Å². The summed E-state index contributed by atoms with van der Waals surface area (Å²) in [5.41, 5.74) is 1.64. The highest BCUT2D eigenvalue weighted by Gasteiger charge is 2.08. The van der Waals surface area contributed by atoms with Crippen LogP contribution < -0.4 is 10.6 Å². The molecule has 0 saturated carbocycles. The first kappa shape index (κ1) is 16.8. The molecule has 0 spiro atoms. The van der Waals surface area contributed by atoms with Gasteiger partial charge >= 0.3 is 0 Å². The van der Waals surface area contributed by atoms with Crippen molar-refractivity contribution < 1.29 is 9.18 Å². The molecule has 0 saturated heterocycles. The number of benzene rings is 1. The number of aromatic nitrogens is 3. The SMILES string of the molecule is O=C(NCc1cccnc1)c1ccc(Nc2ccc(F)c(Cl)c2)nn1. The normalized spacial score (nSPS) is 10.3. The smallest absolute Gasteiger partial charge is 0.272 e.